The lowest BCUT2D eigenvalue weighted by molar-refractivity contribution is -0.218. The third-order valence-corrected chi connectivity index (χ3v) is 12.2. The Morgan fingerprint density at radius 3 is 2.68 bits per heavy atom. The van der Waals surface area contributed by atoms with Crippen molar-refractivity contribution in [2.45, 2.75) is 103 Å². The van der Waals surface area contributed by atoms with Gasteiger partial charge in [-0.1, -0.05) is 38.4 Å². The summed E-state index contributed by atoms with van der Waals surface area (Å²) in [7, 11) is 1.89. The zero-order chi connectivity index (χ0) is 27.2. The molecule has 38 heavy (non-hydrogen) atoms. The van der Waals surface area contributed by atoms with E-state index in [4.69, 9.17) is 16.3 Å². The molecule has 5 nitrogen and oxygen atoms in total. The second-order valence-electron chi connectivity index (χ2n) is 13.4. The number of aliphatic hydroxyl groups excluding tert-OH is 2. The van der Waals surface area contributed by atoms with Crippen molar-refractivity contribution in [2.24, 2.45) is 46.3 Å². The van der Waals surface area contributed by atoms with Crippen molar-refractivity contribution >= 4 is 23.2 Å². The second kappa shape index (κ2) is 11.0. The number of carbonyl (C=O) groups is 1. The standard InChI is InChI=1S/C32H48ClNO4/c1-5-32-24(19(2)9-12-29(37)34-22-8-6-7-21(33)17-22)10-11-25(32)30-26(18-28(32)38-4)31(3)14-13-23(35)15-20(31)16-27(30)36/h6-8,17,19-20,23-28,30,35-36H,5,9-16,18H2,1-4H3,(H,34,37)/t19-,20+,23-,24-,25+,26+,27-,28+,30+,31+,32-/m1/s1. The number of rotatable bonds is 7. The molecule has 5 rings (SSSR count). The van der Waals surface area contributed by atoms with Crippen LogP contribution in [0.2, 0.25) is 5.02 Å². The third kappa shape index (κ3) is 4.74. The Morgan fingerprint density at radius 2 is 1.97 bits per heavy atom. The number of fused-ring (bicyclic) bond motifs is 5. The maximum absolute atomic E-state index is 12.8. The van der Waals surface area contributed by atoms with Gasteiger partial charge in [-0.3, -0.25) is 4.79 Å². The molecule has 4 aliphatic rings. The molecule has 4 saturated carbocycles. The molecule has 1 amide bonds. The van der Waals surface area contributed by atoms with Gasteiger partial charge in [-0.25, -0.2) is 0 Å². The Kier molecular flexibility index (Phi) is 8.24. The highest BCUT2D eigenvalue weighted by molar-refractivity contribution is 6.30. The van der Waals surface area contributed by atoms with Crippen LogP contribution in [0, 0.1) is 46.3 Å². The highest BCUT2D eigenvalue weighted by atomic mass is 35.5. The number of hydrogen-bond acceptors (Lipinski definition) is 4. The lowest BCUT2D eigenvalue weighted by atomic mass is 9.42. The van der Waals surface area contributed by atoms with Crippen LogP contribution in [0.15, 0.2) is 24.3 Å². The molecule has 0 bridgehead atoms. The number of amides is 1. The van der Waals surface area contributed by atoms with Gasteiger partial charge in [0.05, 0.1) is 18.3 Å². The van der Waals surface area contributed by atoms with Gasteiger partial charge in [0.25, 0.3) is 0 Å². The van der Waals surface area contributed by atoms with Gasteiger partial charge in [0.1, 0.15) is 0 Å². The van der Waals surface area contributed by atoms with E-state index in [0.29, 0.717) is 47.0 Å². The topological polar surface area (TPSA) is 78.8 Å². The highest BCUT2D eigenvalue weighted by Gasteiger charge is 2.67. The Bertz CT molecular complexity index is 1000. The first kappa shape index (κ1) is 28.4. The van der Waals surface area contributed by atoms with E-state index in [9.17, 15) is 15.0 Å². The van der Waals surface area contributed by atoms with Crippen LogP contribution in [-0.4, -0.2) is 41.5 Å². The van der Waals surface area contributed by atoms with Crippen molar-refractivity contribution < 1.29 is 19.7 Å². The summed E-state index contributed by atoms with van der Waals surface area (Å²) in [5, 5.41) is 25.7. The van der Waals surface area contributed by atoms with Crippen molar-refractivity contribution in [3.63, 3.8) is 0 Å². The lowest BCUT2D eigenvalue weighted by Gasteiger charge is -2.64. The fourth-order valence-corrected chi connectivity index (χ4v) is 10.5. The summed E-state index contributed by atoms with van der Waals surface area (Å²) in [6.07, 6.45) is 8.91. The van der Waals surface area contributed by atoms with Gasteiger partial charge < -0.3 is 20.3 Å². The van der Waals surface area contributed by atoms with E-state index in [0.717, 1.165) is 63.5 Å². The Hall–Kier alpha value is -1.14. The fourth-order valence-electron chi connectivity index (χ4n) is 10.3. The van der Waals surface area contributed by atoms with E-state index >= 15 is 0 Å². The first-order chi connectivity index (χ1) is 18.1. The van der Waals surface area contributed by atoms with Crippen LogP contribution < -0.4 is 5.32 Å². The molecule has 0 radical (unpaired) electrons. The molecule has 0 spiro atoms. The highest BCUT2D eigenvalue weighted by Crippen LogP contribution is 2.69. The Labute approximate surface area is 234 Å². The summed E-state index contributed by atoms with van der Waals surface area (Å²) in [5.41, 5.74) is 0.950. The predicted molar refractivity (Wildman–Crippen MR) is 152 cm³/mol. The van der Waals surface area contributed by atoms with Crippen LogP contribution in [0.1, 0.15) is 85.0 Å². The van der Waals surface area contributed by atoms with Crippen molar-refractivity contribution in [3.05, 3.63) is 29.3 Å². The first-order valence-corrected chi connectivity index (χ1v) is 15.5. The third-order valence-electron chi connectivity index (χ3n) is 12.0. The van der Waals surface area contributed by atoms with Crippen LogP contribution in [0.3, 0.4) is 0 Å². The van der Waals surface area contributed by atoms with E-state index in [1.165, 1.54) is 0 Å². The van der Waals surface area contributed by atoms with Gasteiger partial charge in [0.2, 0.25) is 5.91 Å². The number of halogens is 1. The minimum atomic E-state index is -0.297. The molecule has 0 unspecified atom stereocenters. The Balaban J connectivity index is 1.34. The van der Waals surface area contributed by atoms with Crippen molar-refractivity contribution in [1.29, 1.82) is 0 Å². The maximum Gasteiger partial charge on any atom is 0.224 e. The summed E-state index contributed by atoms with van der Waals surface area (Å²) < 4.78 is 6.40. The van der Waals surface area contributed by atoms with Crippen LogP contribution in [0.4, 0.5) is 5.69 Å². The summed E-state index contributed by atoms with van der Waals surface area (Å²) >= 11 is 6.08. The summed E-state index contributed by atoms with van der Waals surface area (Å²) in [4.78, 5) is 12.8. The molecule has 6 heteroatoms. The van der Waals surface area contributed by atoms with Crippen LogP contribution in [-0.2, 0) is 9.53 Å². The minimum absolute atomic E-state index is 0.0346. The van der Waals surface area contributed by atoms with Crippen LogP contribution >= 0.6 is 11.6 Å². The molecule has 1 aromatic carbocycles. The maximum atomic E-state index is 12.8. The molecule has 0 saturated heterocycles. The second-order valence-corrected chi connectivity index (χ2v) is 13.8. The molecule has 4 aliphatic carbocycles. The van der Waals surface area contributed by atoms with E-state index in [2.05, 4.69) is 26.1 Å². The molecule has 0 aromatic heterocycles. The SMILES string of the molecule is CC[C@]12[C@@H](OC)C[C@H]3[C@@H]([C@H](O)C[C@@H]4C[C@H](O)CC[C@@]43C)[C@@H]1CC[C@@H]2[C@H](C)CCC(=O)Nc1cccc(Cl)c1. The van der Waals surface area contributed by atoms with Gasteiger partial charge in [-0.05, 0) is 117 Å². The molecule has 11 atom stereocenters. The molecule has 212 valence electrons. The quantitative estimate of drug-likeness (QED) is 0.356. The van der Waals surface area contributed by atoms with Gasteiger partial charge in [-0.15, -0.1) is 0 Å². The van der Waals surface area contributed by atoms with Crippen molar-refractivity contribution in [1.82, 2.24) is 0 Å². The zero-order valence-electron chi connectivity index (χ0n) is 23.7. The average Bonchev–Trinajstić information content (AvgIpc) is 3.28. The molecule has 0 heterocycles. The number of nitrogens with one attached hydrogen (secondary N) is 1. The van der Waals surface area contributed by atoms with Gasteiger partial charge in [-0.2, -0.15) is 0 Å². The number of aliphatic hydroxyl groups is 2. The van der Waals surface area contributed by atoms with E-state index in [1.807, 2.05) is 25.3 Å². The van der Waals surface area contributed by atoms with Crippen LogP contribution in [0.25, 0.3) is 0 Å². The number of benzene rings is 1. The molecule has 1 aromatic rings. The van der Waals surface area contributed by atoms with Crippen molar-refractivity contribution in [3.8, 4) is 0 Å². The fraction of sp³-hybridized carbons (Fsp3) is 0.781. The van der Waals surface area contributed by atoms with E-state index < -0.39 is 0 Å². The molecule has 3 N–H and O–H groups in total. The first-order valence-electron chi connectivity index (χ1n) is 15.1. The van der Waals surface area contributed by atoms with E-state index in [-0.39, 0.29) is 35.0 Å². The number of hydrogen-bond donors (Lipinski definition) is 3. The minimum Gasteiger partial charge on any atom is -0.393 e. The van der Waals surface area contributed by atoms with Gasteiger partial charge >= 0.3 is 0 Å². The lowest BCUT2D eigenvalue weighted by Crippen LogP contribution is -2.63. The predicted octanol–water partition coefficient (Wildman–Crippen LogP) is 6.70. The monoisotopic (exact) mass is 545 g/mol. The molecular weight excluding hydrogens is 498 g/mol. The molecule has 0 aliphatic heterocycles. The summed E-state index contributed by atoms with van der Waals surface area (Å²) in [6, 6.07) is 7.31. The number of methoxy groups -OCH3 is 1. The summed E-state index contributed by atoms with van der Waals surface area (Å²) in [6.45, 7) is 7.10. The largest absolute Gasteiger partial charge is 0.393 e. The number of anilines is 1. The van der Waals surface area contributed by atoms with E-state index in [1.54, 1.807) is 6.07 Å². The molecule has 4 fully saturated rings. The van der Waals surface area contributed by atoms with Gasteiger partial charge in [0.15, 0.2) is 0 Å². The molecular formula is C32H48ClNO4. The van der Waals surface area contributed by atoms with Crippen LogP contribution in [0.5, 0.6) is 0 Å². The zero-order valence-corrected chi connectivity index (χ0v) is 24.4. The van der Waals surface area contributed by atoms with Gasteiger partial charge in [0, 0.05) is 29.7 Å². The number of carbonyl (C=O) groups excluding carboxylic acids is 1. The Morgan fingerprint density at radius 1 is 1.18 bits per heavy atom. The van der Waals surface area contributed by atoms with Crippen molar-refractivity contribution in [2.75, 3.05) is 12.4 Å². The normalized spacial score (nSPS) is 43.0. The number of ether oxygens (including phenoxy) is 1. The average molecular weight is 546 g/mol. The summed E-state index contributed by atoms with van der Waals surface area (Å²) in [5.74, 6) is 2.50. The smallest absolute Gasteiger partial charge is 0.224 e.